The van der Waals surface area contributed by atoms with Gasteiger partial charge in [0.25, 0.3) is 5.82 Å². The van der Waals surface area contributed by atoms with Crippen molar-refractivity contribution in [1.29, 1.82) is 0 Å². The van der Waals surface area contributed by atoms with Gasteiger partial charge in [0.05, 0.1) is 12.0 Å². The molecule has 11 heteroatoms. The van der Waals surface area contributed by atoms with Crippen molar-refractivity contribution in [2.45, 2.75) is 25.2 Å². The molecule has 0 unspecified atom stereocenters. The molecule has 0 spiro atoms. The number of amides is 1. The molecule has 28 heavy (non-hydrogen) atoms. The minimum Gasteiger partial charge on any atom is -0.326 e. The summed E-state index contributed by atoms with van der Waals surface area (Å²) < 4.78 is 79.0. The molecule has 1 aliphatic rings. The molecule has 1 aromatic carbocycles. The lowest BCUT2D eigenvalue weighted by Gasteiger charge is -2.11. The van der Waals surface area contributed by atoms with Crippen molar-refractivity contribution in [3.05, 3.63) is 58.5 Å². The average molecular weight is 400 g/mol. The first-order valence-corrected chi connectivity index (χ1v) is 7.96. The molecular formula is C17H10F6N4O. The summed E-state index contributed by atoms with van der Waals surface area (Å²) >= 11 is 0. The third kappa shape index (κ3) is 3.27. The molecule has 0 saturated heterocycles. The van der Waals surface area contributed by atoms with E-state index in [1.165, 1.54) is 0 Å². The lowest BCUT2D eigenvalue weighted by Crippen LogP contribution is -2.10. The van der Waals surface area contributed by atoms with Gasteiger partial charge in [-0.25, -0.2) is 9.50 Å². The molecule has 1 aliphatic heterocycles. The van der Waals surface area contributed by atoms with Crippen molar-refractivity contribution in [3.8, 4) is 0 Å². The van der Waals surface area contributed by atoms with Crippen LogP contribution in [-0.4, -0.2) is 20.5 Å². The fourth-order valence-electron chi connectivity index (χ4n) is 3.06. The Labute approximate surface area is 153 Å². The summed E-state index contributed by atoms with van der Waals surface area (Å²) in [5, 5.41) is 5.96. The van der Waals surface area contributed by atoms with Crippen LogP contribution in [0, 0.1) is 0 Å². The zero-order valence-electron chi connectivity index (χ0n) is 13.8. The average Bonchev–Trinajstić information content (AvgIpc) is 3.15. The summed E-state index contributed by atoms with van der Waals surface area (Å²) in [4.78, 5) is 14.6. The van der Waals surface area contributed by atoms with Crippen molar-refractivity contribution in [3.63, 3.8) is 0 Å². The zero-order chi connectivity index (χ0) is 20.3. The first-order valence-electron chi connectivity index (χ1n) is 7.96. The molecule has 2 aromatic heterocycles. The number of nitrogens with zero attached hydrogens (tertiary/aromatic N) is 3. The highest BCUT2D eigenvalue weighted by Gasteiger charge is 2.38. The van der Waals surface area contributed by atoms with Crippen molar-refractivity contribution in [2.75, 3.05) is 5.32 Å². The Morgan fingerprint density at radius 2 is 1.79 bits per heavy atom. The lowest BCUT2D eigenvalue weighted by atomic mass is 10.0. The van der Waals surface area contributed by atoms with Gasteiger partial charge in [0.2, 0.25) is 5.91 Å². The summed E-state index contributed by atoms with van der Waals surface area (Å²) in [6.07, 6.45) is -9.64. The van der Waals surface area contributed by atoms with Gasteiger partial charge in [-0.3, -0.25) is 4.79 Å². The van der Waals surface area contributed by atoms with Crippen molar-refractivity contribution < 1.29 is 31.1 Å². The molecule has 1 N–H and O–H groups in total. The highest BCUT2D eigenvalue weighted by atomic mass is 19.4. The minimum atomic E-state index is -4.89. The number of halogens is 6. The number of hydrogen-bond donors (Lipinski definition) is 1. The van der Waals surface area contributed by atoms with E-state index < -0.39 is 29.4 Å². The number of benzene rings is 1. The molecule has 4 rings (SSSR count). The van der Waals surface area contributed by atoms with Crippen LogP contribution in [0.1, 0.15) is 28.2 Å². The number of anilines is 1. The third-order valence-corrected chi connectivity index (χ3v) is 4.27. The molecule has 0 radical (unpaired) electrons. The molecule has 0 fully saturated rings. The maximum atomic E-state index is 13.2. The Morgan fingerprint density at radius 3 is 2.46 bits per heavy atom. The Hall–Kier alpha value is -3.11. The zero-order valence-corrected chi connectivity index (χ0v) is 13.8. The van der Waals surface area contributed by atoms with Crippen LogP contribution in [-0.2, 0) is 30.0 Å². The van der Waals surface area contributed by atoms with E-state index in [1.807, 2.05) is 0 Å². The van der Waals surface area contributed by atoms with E-state index in [0.717, 1.165) is 10.6 Å². The second-order valence-electron chi connectivity index (χ2n) is 6.33. The van der Waals surface area contributed by atoms with E-state index in [-0.39, 0.29) is 24.4 Å². The standard InChI is InChI=1S/C17H10F6N4O/c18-16(19,20)10-6-11(27-13(7-10)25-15(26-27)17(21,22)23)4-8-1-2-12-9(3-8)5-14(28)24-12/h1-3,6-7H,4-5H2,(H,24,28). The summed E-state index contributed by atoms with van der Waals surface area (Å²) in [6.45, 7) is 0. The number of carbonyl (C=O) groups excluding carboxylic acids is 1. The Balaban J connectivity index is 1.82. The van der Waals surface area contributed by atoms with Gasteiger partial charge in [-0.15, -0.1) is 5.10 Å². The third-order valence-electron chi connectivity index (χ3n) is 4.27. The van der Waals surface area contributed by atoms with Crippen LogP contribution in [0.3, 0.4) is 0 Å². The number of nitrogens with one attached hydrogen (secondary N) is 1. The van der Waals surface area contributed by atoms with Gasteiger partial charge >= 0.3 is 12.4 Å². The number of pyridine rings is 1. The lowest BCUT2D eigenvalue weighted by molar-refractivity contribution is -0.144. The van der Waals surface area contributed by atoms with Crippen LogP contribution in [0.25, 0.3) is 5.65 Å². The number of hydrogen-bond acceptors (Lipinski definition) is 3. The van der Waals surface area contributed by atoms with Gasteiger partial charge in [-0.05, 0) is 29.3 Å². The second-order valence-corrected chi connectivity index (χ2v) is 6.33. The van der Waals surface area contributed by atoms with Crippen LogP contribution in [0.5, 0.6) is 0 Å². The van der Waals surface area contributed by atoms with E-state index in [0.29, 0.717) is 22.9 Å². The molecular weight excluding hydrogens is 390 g/mol. The van der Waals surface area contributed by atoms with Gasteiger partial charge in [0, 0.05) is 17.8 Å². The molecule has 3 heterocycles. The summed E-state index contributed by atoms with van der Waals surface area (Å²) in [5.74, 6) is -1.73. The molecule has 3 aromatic rings. The molecule has 0 atom stereocenters. The van der Waals surface area contributed by atoms with Gasteiger partial charge in [-0.1, -0.05) is 12.1 Å². The number of rotatable bonds is 2. The van der Waals surface area contributed by atoms with Gasteiger partial charge < -0.3 is 5.32 Å². The van der Waals surface area contributed by atoms with E-state index >= 15 is 0 Å². The molecule has 0 bridgehead atoms. The highest BCUT2D eigenvalue weighted by molar-refractivity contribution is 5.99. The van der Waals surface area contributed by atoms with Crippen LogP contribution in [0.4, 0.5) is 32.0 Å². The topological polar surface area (TPSA) is 59.3 Å². The molecule has 0 saturated carbocycles. The Bertz CT molecular complexity index is 1100. The van der Waals surface area contributed by atoms with E-state index in [9.17, 15) is 31.1 Å². The maximum Gasteiger partial charge on any atom is 0.453 e. The molecule has 5 nitrogen and oxygen atoms in total. The predicted molar refractivity (Wildman–Crippen MR) is 84.6 cm³/mol. The van der Waals surface area contributed by atoms with Crippen LogP contribution in [0.15, 0.2) is 30.3 Å². The number of carbonyl (C=O) groups is 1. The monoisotopic (exact) mass is 400 g/mol. The fourth-order valence-corrected chi connectivity index (χ4v) is 3.06. The van der Waals surface area contributed by atoms with E-state index in [4.69, 9.17) is 0 Å². The van der Waals surface area contributed by atoms with Gasteiger partial charge in [0.15, 0.2) is 5.65 Å². The first-order chi connectivity index (χ1) is 13.0. The van der Waals surface area contributed by atoms with Crippen LogP contribution >= 0.6 is 0 Å². The summed E-state index contributed by atoms with van der Waals surface area (Å²) in [5.41, 5.74) is 0.0256. The van der Waals surface area contributed by atoms with Gasteiger partial charge in [0.1, 0.15) is 0 Å². The molecule has 1 amide bonds. The largest absolute Gasteiger partial charge is 0.453 e. The first kappa shape index (κ1) is 18.3. The summed E-state index contributed by atoms with van der Waals surface area (Å²) in [7, 11) is 0. The van der Waals surface area contributed by atoms with Crippen molar-refractivity contribution in [1.82, 2.24) is 14.6 Å². The fraction of sp³-hybridized carbons (Fsp3) is 0.235. The Kier molecular flexibility index (Phi) is 3.88. The normalized spacial score (nSPS) is 14.4. The van der Waals surface area contributed by atoms with E-state index in [1.54, 1.807) is 18.2 Å². The molecule has 146 valence electrons. The van der Waals surface area contributed by atoms with Crippen molar-refractivity contribution >= 4 is 17.2 Å². The predicted octanol–water partition coefficient (Wildman–Crippen LogP) is 3.85. The highest BCUT2D eigenvalue weighted by Crippen LogP contribution is 2.33. The quantitative estimate of drug-likeness (QED) is 0.665. The SMILES string of the molecule is O=C1Cc2cc(Cc3cc(C(F)(F)F)cc4nc(C(F)(F)F)nn34)ccc2N1. The minimum absolute atomic E-state index is 0.106. The van der Waals surface area contributed by atoms with Crippen LogP contribution < -0.4 is 5.32 Å². The van der Waals surface area contributed by atoms with Crippen molar-refractivity contribution in [2.24, 2.45) is 0 Å². The van der Waals surface area contributed by atoms with E-state index in [2.05, 4.69) is 15.4 Å². The second kappa shape index (κ2) is 5.94. The van der Waals surface area contributed by atoms with Gasteiger partial charge in [-0.2, -0.15) is 26.3 Å². The van der Waals surface area contributed by atoms with Crippen LogP contribution in [0.2, 0.25) is 0 Å². The number of alkyl halides is 6. The molecule has 0 aliphatic carbocycles. The number of aromatic nitrogens is 3. The smallest absolute Gasteiger partial charge is 0.326 e. The number of fused-ring (bicyclic) bond motifs is 2. The Morgan fingerprint density at radius 1 is 1.04 bits per heavy atom. The summed E-state index contributed by atoms with van der Waals surface area (Å²) in [6, 6.07) is 6.08. The maximum absolute atomic E-state index is 13.2.